The second kappa shape index (κ2) is 6.08. The fraction of sp³-hybridized carbons (Fsp3) is 0.438. The first-order valence-corrected chi connectivity index (χ1v) is 7.53. The molecule has 1 saturated heterocycles. The molecule has 3 rings (SSSR count). The van der Waals surface area contributed by atoms with E-state index in [2.05, 4.69) is 0 Å². The van der Waals surface area contributed by atoms with Gasteiger partial charge in [0.15, 0.2) is 0 Å². The molecule has 23 heavy (non-hydrogen) atoms. The van der Waals surface area contributed by atoms with E-state index >= 15 is 0 Å². The maximum Gasteiger partial charge on any atom is 0.317 e. The number of fused-ring (bicyclic) bond motifs is 1. The van der Waals surface area contributed by atoms with E-state index in [-0.39, 0.29) is 23.7 Å². The maximum absolute atomic E-state index is 14.4. The highest BCUT2D eigenvalue weighted by Crippen LogP contribution is 2.33. The van der Waals surface area contributed by atoms with Crippen LogP contribution in [0.15, 0.2) is 24.3 Å². The van der Waals surface area contributed by atoms with Gasteiger partial charge in [-0.25, -0.2) is 4.39 Å². The van der Waals surface area contributed by atoms with Crippen LogP contribution in [0.2, 0.25) is 0 Å². The SMILES string of the molecule is O=C(O)CN1CCC(N2C(=O)c3ccccc3C(F)C2=O)CC1. The van der Waals surface area contributed by atoms with Gasteiger partial charge >= 0.3 is 5.97 Å². The van der Waals surface area contributed by atoms with Crippen molar-refractivity contribution in [2.75, 3.05) is 19.6 Å². The summed E-state index contributed by atoms with van der Waals surface area (Å²) in [5.74, 6) is -2.19. The third kappa shape index (κ3) is 2.84. The van der Waals surface area contributed by atoms with Crippen molar-refractivity contribution in [1.29, 1.82) is 0 Å². The highest BCUT2D eigenvalue weighted by atomic mass is 19.1. The molecule has 6 nitrogen and oxygen atoms in total. The molecule has 122 valence electrons. The summed E-state index contributed by atoms with van der Waals surface area (Å²) < 4.78 is 14.4. The summed E-state index contributed by atoms with van der Waals surface area (Å²) in [6, 6.07) is 5.86. The molecule has 1 aromatic rings. The summed E-state index contributed by atoms with van der Waals surface area (Å²) >= 11 is 0. The summed E-state index contributed by atoms with van der Waals surface area (Å²) in [4.78, 5) is 38.3. The Labute approximate surface area is 132 Å². The van der Waals surface area contributed by atoms with Gasteiger partial charge in [0.05, 0.1) is 6.54 Å². The highest BCUT2D eigenvalue weighted by Gasteiger charge is 2.43. The van der Waals surface area contributed by atoms with Crippen molar-refractivity contribution < 1.29 is 23.9 Å². The predicted octanol–water partition coefficient (Wildman–Crippen LogP) is 1.23. The molecule has 0 bridgehead atoms. The number of alkyl halides is 1. The summed E-state index contributed by atoms with van der Waals surface area (Å²) in [6.07, 6.45) is -0.903. The molecule has 1 unspecified atom stereocenters. The lowest BCUT2D eigenvalue weighted by atomic mass is 9.93. The van der Waals surface area contributed by atoms with E-state index in [1.54, 1.807) is 17.0 Å². The van der Waals surface area contributed by atoms with E-state index in [0.717, 1.165) is 4.90 Å². The minimum atomic E-state index is -1.82. The number of carboxylic acids is 1. The number of amides is 2. The Bertz CT molecular complexity index is 655. The zero-order chi connectivity index (χ0) is 16.6. The van der Waals surface area contributed by atoms with Crippen LogP contribution in [0.4, 0.5) is 4.39 Å². The van der Waals surface area contributed by atoms with Crippen LogP contribution < -0.4 is 0 Å². The van der Waals surface area contributed by atoms with Crippen molar-refractivity contribution in [3.63, 3.8) is 0 Å². The second-order valence-electron chi connectivity index (χ2n) is 5.86. The van der Waals surface area contributed by atoms with E-state index < -0.39 is 24.0 Å². The smallest absolute Gasteiger partial charge is 0.317 e. The van der Waals surface area contributed by atoms with Gasteiger partial charge in [-0.15, -0.1) is 0 Å². The Morgan fingerprint density at radius 1 is 1.22 bits per heavy atom. The Morgan fingerprint density at radius 3 is 2.52 bits per heavy atom. The van der Waals surface area contributed by atoms with E-state index in [1.165, 1.54) is 12.1 Å². The van der Waals surface area contributed by atoms with Gasteiger partial charge in [0.25, 0.3) is 11.8 Å². The number of hydrogen-bond donors (Lipinski definition) is 1. The van der Waals surface area contributed by atoms with Gasteiger partial charge in [0.1, 0.15) is 0 Å². The molecule has 0 saturated carbocycles. The van der Waals surface area contributed by atoms with E-state index in [4.69, 9.17) is 5.11 Å². The number of aliphatic carboxylic acids is 1. The van der Waals surface area contributed by atoms with Crippen molar-refractivity contribution in [3.8, 4) is 0 Å². The van der Waals surface area contributed by atoms with Crippen molar-refractivity contribution in [3.05, 3.63) is 35.4 Å². The Hall–Kier alpha value is -2.28. The van der Waals surface area contributed by atoms with Crippen molar-refractivity contribution in [1.82, 2.24) is 9.80 Å². The Morgan fingerprint density at radius 2 is 1.87 bits per heavy atom. The van der Waals surface area contributed by atoms with Gasteiger partial charge in [-0.2, -0.15) is 0 Å². The molecule has 0 spiro atoms. The summed E-state index contributed by atoms with van der Waals surface area (Å²) in [5.41, 5.74) is 0.356. The minimum Gasteiger partial charge on any atom is -0.480 e. The number of halogens is 1. The summed E-state index contributed by atoms with van der Waals surface area (Å²) in [5, 5.41) is 8.80. The average molecular weight is 320 g/mol. The van der Waals surface area contributed by atoms with Gasteiger partial charge in [-0.3, -0.25) is 24.2 Å². The standard InChI is InChI=1S/C16H17FN2O4/c17-14-11-3-1-2-4-12(11)15(22)19(16(14)23)10-5-7-18(8-6-10)9-13(20)21/h1-4,10,14H,5-9H2,(H,20,21). The van der Waals surface area contributed by atoms with E-state index in [0.29, 0.717) is 25.9 Å². The first-order valence-electron chi connectivity index (χ1n) is 7.53. The van der Waals surface area contributed by atoms with Crippen LogP contribution in [0.3, 0.4) is 0 Å². The number of benzene rings is 1. The zero-order valence-electron chi connectivity index (χ0n) is 12.4. The van der Waals surface area contributed by atoms with Crippen LogP contribution in [0.1, 0.15) is 34.9 Å². The number of hydrogen-bond acceptors (Lipinski definition) is 4. The van der Waals surface area contributed by atoms with Gasteiger partial charge in [0.2, 0.25) is 6.17 Å². The van der Waals surface area contributed by atoms with Crippen LogP contribution in [0.5, 0.6) is 0 Å². The Kier molecular flexibility index (Phi) is 4.12. The number of likely N-dealkylation sites (tertiary alicyclic amines) is 1. The zero-order valence-corrected chi connectivity index (χ0v) is 12.4. The third-order valence-corrected chi connectivity index (χ3v) is 4.42. The van der Waals surface area contributed by atoms with Gasteiger partial charge in [-0.05, 0) is 18.9 Å². The number of piperidine rings is 1. The minimum absolute atomic E-state index is 0.0663. The topological polar surface area (TPSA) is 77.9 Å². The molecule has 0 aliphatic carbocycles. The fourth-order valence-corrected chi connectivity index (χ4v) is 3.27. The molecule has 2 amide bonds. The molecule has 1 fully saturated rings. The molecule has 7 heteroatoms. The normalized spacial score (nSPS) is 23.0. The average Bonchev–Trinajstić information content (AvgIpc) is 2.54. The number of nitrogens with zero attached hydrogens (tertiary/aromatic N) is 2. The number of carboxylic acid groups (broad SMARTS) is 1. The highest BCUT2D eigenvalue weighted by molar-refractivity contribution is 6.11. The number of carbonyl (C=O) groups is 3. The maximum atomic E-state index is 14.4. The lowest BCUT2D eigenvalue weighted by molar-refractivity contribution is -0.141. The molecule has 2 aliphatic heterocycles. The van der Waals surface area contributed by atoms with Crippen LogP contribution in [0.25, 0.3) is 0 Å². The molecule has 1 N–H and O–H groups in total. The van der Waals surface area contributed by atoms with Crippen molar-refractivity contribution >= 4 is 17.8 Å². The van der Waals surface area contributed by atoms with Crippen LogP contribution in [-0.4, -0.2) is 58.4 Å². The third-order valence-electron chi connectivity index (χ3n) is 4.42. The number of rotatable bonds is 3. The molecule has 2 aliphatic rings. The largest absolute Gasteiger partial charge is 0.480 e. The monoisotopic (exact) mass is 320 g/mol. The van der Waals surface area contributed by atoms with E-state index in [1.807, 2.05) is 0 Å². The first-order chi connectivity index (χ1) is 11.0. The summed E-state index contributed by atoms with van der Waals surface area (Å²) in [6.45, 7) is 0.864. The van der Waals surface area contributed by atoms with E-state index in [9.17, 15) is 18.8 Å². The van der Waals surface area contributed by atoms with Crippen LogP contribution in [0, 0.1) is 0 Å². The second-order valence-corrected chi connectivity index (χ2v) is 5.86. The molecule has 1 atom stereocenters. The van der Waals surface area contributed by atoms with Gasteiger partial charge in [0, 0.05) is 30.3 Å². The molecular weight excluding hydrogens is 303 g/mol. The number of carbonyl (C=O) groups excluding carboxylic acids is 2. The lowest BCUT2D eigenvalue weighted by Crippen LogP contribution is -2.53. The molecule has 0 radical (unpaired) electrons. The first kappa shape index (κ1) is 15.6. The fourth-order valence-electron chi connectivity index (χ4n) is 3.27. The van der Waals surface area contributed by atoms with Gasteiger partial charge in [-0.1, -0.05) is 18.2 Å². The lowest BCUT2D eigenvalue weighted by Gasteiger charge is -2.39. The predicted molar refractivity (Wildman–Crippen MR) is 78.6 cm³/mol. The summed E-state index contributed by atoms with van der Waals surface area (Å²) in [7, 11) is 0. The molecule has 2 heterocycles. The quantitative estimate of drug-likeness (QED) is 0.848. The number of imide groups is 1. The molecular formula is C16H17FN2O4. The Balaban J connectivity index is 1.78. The molecule has 1 aromatic carbocycles. The van der Waals surface area contributed by atoms with Crippen LogP contribution >= 0.6 is 0 Å². The van der Waals surface area contributed by atoms with Gasteiger partial charge < -0.3 is 5.11 Å². The van der Waals surface area contributed by atoms with Crippen molar-refractivity contribution in [2.24, 2.45) is 0 Å². The van der Waals surface area contributed by atoms with Crippen molar-refractivity contribution in [2.45, 2.75) is 25.1 Å². The van der Waals surface area contributed by atoms with Crippen LogP contribution in [-0.2, 0) is 9.59 Å². The molecule has 0 aromatic heterocycles.